The van der Waals surface area contributed by atoms with Gasteiger partial charge in [0.15, 0.2) is 0 Å². The molecule has 6 nitrogen and oxygen atoms in total. The van der Waals surface area contributed by atoms with E-state index in [9.17, 15) is 4.79 Å². The Hall–Kier alpha value is -1.02. The first-order valence-electron chi connectivity index (χ1n) is 6.54. The number of nitrogens with zero attached hydrogens (tertiary/aromatic N) is 3. The van der Waals surface area contributed by atoms with Crippen LogP contribution in [0.5, 0.6) is 0 Å². The number of piperazine rings is 1. The van der Waals surface area contributed by atoms with Gasteiger partial charge in [0, 0.05) is 26.2 Å². The first kappa shape index (κ1) is 14.4. The number of nitrogens with two attached hydrogens (primary N) is 1. The maximum absolute atomic E-state index is 11.7. The maximum atomic E-state index is 11.7. The molecule has 1 aliphatic rings. The van der Waals surface area contributed by atoms with Gasteiger partial charge in [0.1, 0.15) is 9.88 Å². The number of amides is 1. The molecule has 1 aliphatic heterocycles. The monoisotopic (exact) mass is 283 g/mol. The number of hydrogen-bond donors (Lipinski definition) is 2. The number of carbonyl (C=O) groups is 1. The first-order valence-corrected chi connectivity index (χ1v) is 7.36. The predicted octanol–water partition coefficient (Wildman–Crippen LogP) is 0.0564. The molecule has 0 saturated carbocycles. The number of aromatic nitrogens is 1. The Balaban J connectivity index is 2.04. The van der Waals surface area contributed by atoms with Gasteiger partial charge in [-0.25, -0.2) is 10.8 Å². The second kappa shape index (κ2) is 6.42. The first-order chi connectivity index (χ1) is 9.13. The van der Waals surface area contributed by atoms with Crippen molar-refractivity contribution in [3.8, 4) is 0 Å². The summed E-state index contributed by atoms with van der Waals surface area (Å²) < 4.78 is 0. The van der Waals surface area contributed by atoms with E-state index in [1.165, 1.54) is 11.3 Å². The number of rotatable bonds is 4. The molecular formula is C12H21N5OS. The molecule has 7 heteroatoms. The normalized spacial score (nSPS) is 17.6. The molecule has 0 spiro atoms. The second-order valence-electron chi connectivity index (χ2n) is 4.79. The quantitative estimate of drug-likeness (QED) is 0.464. The van der Waals surface area contributed by atoms with Crippen molar-refractivity contribution in [3.63, 3.8) is 0 Å². The summed E-state index contributed by atoms with van der Waals surface area (Å²) in [6.45, 7) is 7.10. The molecule has 0 unspecified atom stereocenters. The molecule has 1 saturated heterocycles. The zero-order valence-electron chi connectivity index (χ0n) is 11.5. The Morgan fingerprint density at radius 2 is 2.11 bits per heavy atom. The van der Waals surface area contributed by atoms with Gasteiger partial charge in [-0.1, -0.05) is 6.92 Å². The summed E-state index contributed by atoms with van der Waals surface area (Å²) in [5, 5.41) is 1.00. The fourth-order valence-corrected chi connectivity index (χ4v) is 3.25. The van der Waals surface area contributed by atoms with Gasteiger partial charge in [-0.05, 0) is 13.5 Å². The molecule has 1 aromatic heterocycles. The third-order valence-corrected chi connectivity index (χ3v) is 4.45. The van der Waals surface area contributed by atoms with Gasteiger partial charge < -0.3 is 4.90 Å². The summed E-state index contributed by atoms with van der Waals surface area (Å²) in [5.74, 6) is 4.96. The number of aryl methyl sites for hydroxylation is 1. The lowest BCUT2D eigenvalue weighted by Gasteiger charge is -2.31. The molecule has 0 atom stereocenters. The molecule has 2 heterocycles. The molecule has 0 bridgehead atoms. The standard InChI is InChI=1S/C12H21N5OS/c1-3-9-11(12(18)15-13)19-10(14-9)8-17-6-4-16(2)5-7-17/h3-8,13H2,1-2H3,(H,15,18). The smallest absolute Gasteiger partial charge is 0.277 e. The van der Waals surface area contributed by atoms with Crippen molar-refractivity contribution in [2.45, 2.75) is 19.9 Å². The number of nitrogen functional groups attached to an aromatic ring is 1. The molecule has 1 aromatic rings. The molecular weight excluding hydrogens is 262 g/mol. The molecule has 1 amide bonds. The van der Waals surface area contributed by atoms with Crippen LogP contribution in [0.25, 0.3) is 0 Å². The van der Waals surface area contributed by atoms with Gasteiger partial charge in [-0.3, -0.25) is 15.1 Å². The fraction of sp³-hybridized carbons (Fsp3) is 0.667. The zero-order chi connectivity index (χ0) is 13.8. The van der Waals surface area contributed by atoms with Crippen LogP contribution >= 0.6 is 11.3 Å². The Bertz CT molecular complexity index is 439. The lowest BCUT2D eigenvalue weighted by atomic mass is 10.3. The van der Waals surface area contributed by atoms with Crippen LogP contribution in [-0.4, -0.2) is 53.9 Å². The van der Waals surface area contributed by atoms with Crippen LogP contribution in [0.1, 0.15) is 27.3 Å². The highest BCUT2D eigenvalue weighted by molar-refractivity contribution is 7.13. The van der Waals surface area contributed by atoms with Crippen LogP contribution in [0.15, 0.2) is 0 Å². The highest BCUT2D eigenvalue weighted by atomic mass is 32.1. The summed E-state index contributed by atoms with van der Waals surface area (Å²) in [5.41, 5.74) is 3.03. The Morgan fingerprint density at radius 1 is 1.42 bits per heavy atom. The lowest BCUT2D eigenvalue weighted by molar-refractivity contribution is 0.0956. The van der Waals surface area contributed by atoms with Crippen LogP contribution in [-0.2, 0) is 13.0 Å². The van der Waals surface area contributed by atoms with Gasteiger partial charge in [-0.15, -0.1) is 11.3 Å². The van der Waals surface area contributed by atoms with E-state index in [4.69, 9.17) is 5.84 Å². The number of nitrogens with one attached hydrogen (secondary N) is 1. The van der Waals surface area contributed by atoms with Crippen LogP contribution in [0.4, 0.5) is 0 Å². The third-order valence-electron chi connectivity index (χ3n) is 3.37. The van der Waals surface area contributed by atoms with Crippen molar-refractivity contribution in [2.75, 3.05) is 33.2 Å². The van der Waals surface area contributed by atoms with Crippen molar-refractivity contribution in [1.29, 1.82) is 0 Å². The fourth-order valence-electron chi connectivity index (χ4n) is 2.15. The van der Waals surface area contributed by atoms with Crippen LogP contribution in [0.3, 0.4) is 0 Å². The minimum Gasteiger partial charge on any atom is -0.304 e. The van der Waals surface area contributed by atoms with Gasteiger partial charge in [0.25, 0.3) is 5.91 Å². The number of hydrazine groups is 1. The summed E-state index contributed by atoms with van der Waals surface area (Å²) in [6, 6.07) is 0. The summed E-state index contributed by atoms with van der Waals surface area (Å²) in [4.78, 5) is 21.6. The summed E-state index contributed by atoms with van der Waals surface area (Å²) in [6.07, 6.45) is 0.752. The van der Waals surface area contributed by atoms with E-state index in [1.54, 1.807) is 0 Å². The van der Waals surface area contributed by atoms with E-state index in [2.05, 4.69) is 27.3 Å². The molecule has 2 rings (SSSR count). The largest absolute Gasteiger partial charge is 0.304 e. The molecule has 3 N–H and O–H groups in total. The number of carbonyl (C=O) groups excluding carboxylic acids is 1. The average Bonchev–Trinajstić information content (AvgIpc) is 2.83. The molecule has 0 radical (unpaired) electrons. The van der Waals surface area contributed by atoms with Crippen molar-refractivity contribution >= 4 is 17.2 Å². The Labute approximate surface area is 117 Å². The molecule has 1 fully saturated rings. The van der Waals surface area contributed by atoms with Gasteiger partial charge in [-0.2, -0.15) is 0 Å². The highest BCUT2D eigenvalue weighted by Crippen LogP contribution is 2.21. The van der Waals surface area contributed by atoms with E-state index in [0.29, 0.717) is 4.88 Å². The number of thiazole rings is 1. The SMILES string of the molecule is CCc1nc(CN2CCN(C)CC2)sc1C(=O)NN. The topological polar surface area (TPSA) is 74.5 Å². The highest BCUT2D eigenvalue weighted by Gasteiger charge is 2.19. The third kappa shape index (κ3) is 3.50. The van der Waals surface area contributed by atoms with E-state index >= 15 is 0 Å². The van der Waals surface area contributed by atoms with Crippen molar-refractivity contribution in [1.82, 2.24) is 20.2 Å². The minimum absolute atomic E-state index is 0.237. The summed E-state index contributed by atoms with van der Waals surface area (Å²) in [7, 11) is 2.14. The van der Waals surface area contributed by atoms with Gasteiger partial charge in [0.05, 0.1) is 12.2 Å². The number of likely N-dealkylation sites (N-methyl/N-ethyl adjacent to an activating group) is 1. The van der Waals surface area contributed by atoms with E-state index in [0.717, 1.165) is 49.8 Å². The van der Waals surface area contributed by atoms with Gasteiger partial charge >= 0.3 is 0 Å². The number of hydrogen-bond acceptors (Lipinski definition) is 6. The lowest BCUT2D eigenvalue weighted by Crippen LogP contribution is -2.43. The average molecular weight is 283 g/mol. The van der Waals surface area contributed by atoms with Crippen molar-refractivity contribution < 1.29 is 4.79 Å². The molecule has 0 aliphatic carbocycles. The van der Waals surface area contributed by atoms with Crippen LogP contribution in [0, 0.1) is 0 Å². The minimum atomic E-state index is -0.237. The Kier molecular flexibility index (Phi) is 4.87. The van der Waals surface area contributed by atoms with Crippen molar-refractivity contribution in [2.24, 2.45) is 5.84 Å². The Morgan fingerprint density at radius 3 is 2.68 bits per heavy atom. The van der Waals surface area contributed by atoms with Crippen LogP contribution in [0.2, 0.25) is 0 Å². The predicted molar refractivity (Wildman–Crippen MR) is 75.9 cm³/mol. The van der Waals surface area contributed by atoms with E-state index in [-0.39, 0.29) is 5.91 Å². The van der Waals surface area contributed by atoms with Gasteiger partial charge in [0.2, 0.25) is 0 Å². The molecule has 19 heavy (non-hydrogen) atoms. The van der Waals surface area contributed by atoms with E-state index in [1.807, 2.05) is 6.92 Å². The maximum Gasteiger partial charge on any atom is 0.277 e. The summed E-state index contributed by atoms with van der Waals surface area (Å²) >= 11 is 1.45. The second-order valence-corrected chi connectivity index (χ2v) is 5.87. The molecule has 0 aromatic carbocycles. The van der Waals surface area contributed by atoms with E-state index < -0.39 is 0 Å². The van der Waals surface area contributed by atoms with Crippen LogP contribution < -0.4 is 11.3 Å². The molecule has 106 valence electrons. The zero-order valence-corrected chi connectivity index (χ0v) is 12.3. The van der Waals surface area contributed by atoms with Crippen molar-refractivity contribution in [3.05, 3.63) is 15.6 Å².